The zero-order valence-corrected chi connectivity index (χ0v) is 17.1. The molecule has 0 fully saturated rings. The molecule has 0 amide bonds. The van der Waals surface area contributed by atoms with Crippen LogP contribution >= 0.6 is 0 Å². The van der Waals surface area contributed by atoms with Gasteiger partial charge in [-0.3, -0.25) is 9.59 Å². The predicted octanol–water partition coefficient (Wildman–Crippen LogP) is 3.01. The van der Waals surface area contributed by atoms with Crippen LogP contribution in [0.1, 0.15) is 67.2 Å². The number of carboxylic acid groups (broad SMARTS) is 2. The van der Waals surface area contributed by atoms with Gasteiger partial charge in [0.1, 0.15) is 0 Å². The first-order chi connectivity index (χ1) is 10.1. The number of aliphatic hydroxyl groups is 2. The Bertz CT molecular complexity index is 209. The summed E-state index contributed by atoms with van der Waals surface area (Å²) in [5, 5.41) is 32.1. The Hall–Kier alpha value is -0.426. The number of carbonyl (C=O) groups is 2. The van der Waals surface area contributed by atoms with Crippen LogP contribution in [0.5, 0.6) is 0 Å². The number of carboxylic acids is 2. The maximum atomic E-state index is 9.60. The van der Waals surface area contributed by atoms with Gasteiger partial charge in [-0.2, -0.15) is 0 Å². The third kappa shape index (κ3) is 90.2. The topological polar surface area (TPSA) is 115 Å². The van der Waals surface area contributed by atoms with E-state index in [0.29, 0.717) is 37.9 Å². The second kappa shape index (κ2) is 29.6. The zero-order chi connectivity index (χ0) is 18.6. The minimum absolute atomic E-state index is 0. The molecule has 0 bridgehead atoms. The van der Waals surface area contributed by atoms with Crippen molar-refractivity contribution in [2.75, 3.05) is 13.2 Å². The Morgan fingerprint density at radius 1 is 0.739 bits per heavy atom. The minimum Gasteiger partial charge on any atom is -0.481 e. The van der Waals surface area contributed by atoms with Crippen LogP contribution in [0.4, 0.5) is 0 Å². The summed E-state index contributed by atoms with van der Waals surface area (Å²) in [6.45, 7) is 12.2. The van der Waals surface area contributed by atoms with Crippen molar-refractivity contribution in [1.82, 2.24) is 0 Å². The van der Waals surface area contributed by atoms with E-state index in [4.69, 9.17) is 20.4 Å². The monoisotopic (exact) mass is 372 g/mol. The zero-order valence-electron chi connectivity index (χ0n) is 15.5. The van der Waals surface area contributed by atoms with Crippen LogP contribution in [0.3, 0.4) is 0 Å². The second-order valence-electron chi connectivity index (χ2n) is 5.44. The maximum Gasteiger partial charge on any atom is 0.303 e. The van der Waals surface area contributed by atoms with Crippen molar-refractivity contribution in [3.8, 4) is 0 Å². The Kier molecular flexibility index (Phi) is 43.7. The van der Waals surface area contributed by atoms with Gasteiger partial charge < -0.3 is 20.4 Å². The van der Waals surface area contributed by atoms with Crippen LogP contribution in [0.15, 0.2) is 0 Å². The van der Waals surface area contributed by atoms with Gasteiger partial charge in [-0.15, -0.1) is 0 Å². The van der Waals surface area contributed by atoms with Crippen LogP contribution in [-0.4, -0.2) is 45.6 Å². The summed E-state index contributed by atoms with van der Waals surface area (Å²) in [6, 6.07) is 0. The summed E-state index contributed by atoms with van der Waals surface area (Å²) in [5.74, 6) is -0.542. The SMILES string of the molecule is CC(C)CO.CC(C)CO.CCCC(=O)O.CCCC(=O)O.[Ti]. The first kappa shape index (κ1) is 34.0. The van der Waals surface area contributed by atoms with Gasteiger partial charge in [-0.1, -0.05) is 41.5 Å². The Morgan fingerprint density at radius 2 is 0.913 bits per heavy atom. The average Bonchev–Trinajstić information content (AvgIpc) is 2.40. The summed E-state index contributed by atoms with van der Waals surface area (Å²) >= 11 is 0. The summed E-state index contributed by atoms with van der Waals surface area (Å²) < 4.78 is 0. The molecule has 0 aliphatic carbocycles. The van der Waals surface area contributed by atoms with E-state index < -0.39 is 11.9 Å². The molecule has 0 aliphatic heterocycles. The average molecular weight is 372 g/mol. The molecule has 0 aromatic carbocycles. The van der Waals surface area contributed by atoms with Gasteiger partial charge in [0.05, 0.1) is 0 Å². The summed E-state index contributed by atoms with van der Waals surface area (Å²) in [7, 11) is 0. The standard InChI is InChI=1S/2C4H8O2.2C4H10O.Ti/c2*1-2-3-4(5)6;2*1-4(2)3-5;/h2*2-3H2,1H3,(H,5,6);2*4-5H,3H2,1-2H3;. The van der Waals surface area contributed by atoms with Gasteiger partial charge in [0, 0.05) is 47.8 Å². The van der Waals surface area contributed by atoms with Gasteiger partial charge in [-0.25, -0.2) is 0 Å². The Labute approximate surface area is 156 Å². The van der Waals surface area contributed by atoms with Gasteiger partial charge in [0.2, 0.25) is 0 Å². The van der Waals surface area contributed by atoms with E-state index in [1.165, 1.54) is 0 Å². The van der Waals surface area contributed by atoms with Crippen molar-refractivity contribution < 1.29 is 51.7 Å². The quantitative estimate of drug-likeness (QED) is 0.533. The molecular formula is C16H36O6Ti. The first-order valence-corrected chi connectivity index (χ1v) is 7.74. The van der Waals surface area contributed by atoms with Crippen molar-refractivity contribution in [2.24, 2.45) is 11.8 Å². The first-order valence-electron chi connectivity index (χ1n) is 7.74. The predicted molar refractivity (Wildman–Crippen MR) is 88.9 cm³/mol. The third-order valence-corrected chi connectivity index (χ3v) is 1.66. The van der Waals surface area contributed by atoms with Gasteiger partial charge in [-0.05, 0) is 24.7 Å². The molecule has 7 heteroatoms. The van der Waals surface area contributed by atoms with Crippen LogP contribution in [0, 0.1) is 11.8 Å². The molecule has 0 unspecified atom stereocenters. The van der Waals surface area contributed by atoms with Crippen molar-refractivity contribution >= 4 is 11.9 Å². The summed E-state index contributed by atoms with van der Waals surface area (Å²) in [4.78, 5) is 19.2. The maximum absolute atomic E-state index is 9.60. The van der Waals surface area contributed by atoms with Crippen LogP contribution in [0.2, 0.25) is 0 Å². The van der Waals surface area contributed by atoms with Crippen molar-refractivity contribution in [3.05, 3.63) is 0 Å². The fraction of sp³-hybridized carbons (Fsp3) is 0.875. The largest absolute Gasteiger partial charge is 0.481 e. The second-order valence-corrected chi connectivity index (χ2v) is 5.44. The van der Waals surface area contributed by atoms with E-state index in [0.717, 1.165) is 12.8 Å². The molecule has 0 atom stereocenters. The molecule has 23 heavy (non-hydrogen) atoms. The fourth-order valence-corrected chi connectivity index (χ4v) is 0.428. The number of rotatable bonds is 6. The molecular weight excluding hydrogens is 336 g/mol. The van der Waals surface area contributed by atoms with Crippen LogP contribution < -0.4 is 0 Å². The Balaban J connectivity index is -0.0000000620. The molecule has 140 valence electrons. The minimum atomic E-state index is -0.711. The summed E-state index contributed by atoms with van der Waals surface area (Å²) in [5.41, 5.74) is 0. The van der Waals surface area contributed by atoms with E-state index in [2.05, 4.69) is 0 Å². The van der Waals surface area contributed by atoms with Crippen LogP contribution in [0.25, 0.3) is 0 Å². The van der Waals surface area contributed by atoms with E-state index in [1.807, 2.05) is 41.5 Å². The van der Waals surface area contributed by atoms with Crippen molar-refractivity contribution in [1.29, 1.82) is 0 Å². The molecule has 0 aromatic rings. The fourth-order valence-electron chi connectivity index (χ4n) is 0.428. The normalized spacial score (nSPS) is 8.43. The Morgan fingerprint density at radius 3 is 0.913 bits per heavy atom. The summed E-state index contributed by atoms with van der Waals surface area (Å²) in [6.07, 6.45) is 2.05. The molecule has 0 heterocycles. The number of aliphatic hydroxyl groups excluding tert-OH is 2. The smallest absolute Gasteiger partial charge is 0.303 e. The number of aliphatic carboxylic acids is 2. The number of hydrogen-bond donors (Lipinski definition) is 4. The molecule has 0 saturated heterocycles. The molecule has 0 aromatic heterocycles. The van der Waals surface area contributed by atoms with E-state index >= 15 is 0 Å². The van der Waals surface area contributed by atoms with Crippen LogP contribution in [-0.2, 0) is 31.3 Å². The van der Waals surface area contributed by atoms with Crippen molar-refractivity contribution in [2.45, 2.75) is 67.2 Å². The van der Waals surface area contributed by atoms with Gasteiger partial charge >= 0.3 is 11.9 Å². The van der Waals surface area contributed by atoms with Gasteiger partial charge in [0.15, 0.2) is 0 Å². The molecule has 0 spiro atoms. The van der Waals surface area contributed by atoms with E-state index in [-0.39, 0.29) is 21.7 Å². The molecule has 6 nitrogen and oxygen atoms in total. The molecule has 0 aliphatic rings. The molecule has 0 saturated carbocycles. The van der Waals surface area contributed by atoms with Gasteiger partial charge in [0.25, 0.3) is 0 Å². The van der Waals surface area contributed by atoms with E-state index in [1.54, 1.807) is 0 Å². The molecule has 4 N–H and O–H groups in total. The number of hydrogen-bond acceptors (Lipinski definition) is 4. The van der Waals surface area contributed by atoms with E-state index in [9.17, 15) is 9.59 Å². The molecule has 0 radical (unpaired) electrons. The molecule has 0 rings (SSSR count). The van der Waals surface area contributed by atoms with Crippen molar-refractivity contribution in [3.63, 3.8) is 0 Å². The third-order valence-electron chi connectivity index (χ3n) is 1.66.